The normalized spacial score (nSPS) is 22.4. The van der Waals surface area contributed by atoms with E-state index in [-0.39, 0.29) is 10.9 Å². The van der Waals surface area contributed by atoms with Crippen LogP contribution in [0.15, 0.2) is 65.8 Å². The van der Waals surface area contributed by atoms with Crippen molar-refractivity contribution in [2.24, 2.45) is 5.16 Å². The quantitative estimate of drug-likeness (QED) is 0.770. The lowest BCUT2D eigenvalue weighted by Gasteiger charge is -2.13. The summed E-state index contributed by atoms with van der Waals surface area (Å²) < 4.78 is 0. The zero-order valence-electron chi connectivity index (χ0n) is 9.66. The highest BCUT2D eigenvalue weighted by Gasteiger charge is 2.33. The molecule has 3 rings (SSSR count). The Morgan fingerprint density at radius 2 is 1.50 bits per heavy atom. The van der Waals surface area contributed by atoms with E-state index in [1.54, 1.807) is 0 Å². The fraction of sp³-hybridized carbons (Fsp3) is 0.133. The molecule has 0 fully saturated rings. The predicted molar refractivity (Wildman–Crippen MR) is 76.0 cm³/mol. The second-order valence-electron chi connectivity index (χ2n) is 4.18. The van der Waals surface area contributed by atoms with Crippen LogP contribution in [0.3, 0.4) is 0 Å². The van der Waals surface area contributed by atoms with Gasteiger partial charge in [0, 0.05) is 5.56 Å². The van der Waals surface area contributed by atoms with E-state index in [2.05, 4.69) is 33.2 Å². The minimum absolute atomic E-state index is 0.0543. The maximum Gasteiger partial charge on any atom is 0.170 e. The lowest BCUT2D eigenvalue weighted by atomic mass is 10.0. The molecule has 0 radical (unpaired) electrons. The molecular weight excluding hydrogens is 290 g/mol. The van der Waals surface area contributed by atoms with E-state index in [1.165, 1.54) is 0 Å². The number of benzene rings is 2. The number of nitrogens with zero attached hydrogens (tertiary/aromatic N) is 1. The van der Waals surface area contributed by atoms with Crippen molar-refractivity contribution in [1.29, 1.82) is 0 Å². The highest BCUT2D eigenvalue weighted by atomic mass is 79.9. The molecule has 2 aromatic rings. The Bertz CT molecular complexity index is 553. The largest absolute Gasteiger partial charge is 0.386 e. The molecule has 0 amide bonds. The Labute approximate surface area is 114 Å². The van der Waals surface area contributed by atoms with Crippen LogP contribution in [0.2, 0.25) is 0 Å². The van der Waals surface area contributed by atoms with E-state index >= 15 is 0 Å². The molecule has 90 valence electrons. The first-order valence-corrected chi connectivity index (χ1v) is 6.76. The Hall–Kier alpha value is -1.61. The molecule has 0 N–H and O–H groups in total. The summed E-state index contributed by atoms with van der Waals surface area (Å²) in [6.45, 7) is 0. The molecule has 18 heavy (non-hydrogen) atoms. The summed E-state index contributed by atoms with van der Waals surface area (Å²) in [4.78, 5) is 5.64. The van der Waals surface area contributed by atoms with E-state index in [0.29, 0.717) is 0 Å². The van der Waals surface area contributed by atoms with E-state index in [4.69, 9.17) is 4.84 Å². The Morgan fingerprint density at radius 3 is 2.17 bits per heavy atom. The van der Waals surface area contributed by atoms with Gasteiger partial charge in [0.25, 0.3) is 0 Å². The maximum atomic E-state index is 5.56. The minimum Gasteiger partial charge on any atom is -0.386 e. The summed E-state index contributed by atoms with van der Waals surface area (Å²) in [6.07, 6.45) is -0.0543. The van der Waals surface area contributed by atoms with E-state index in [1.807, 2.05) is 48.5 Å². The van der Waals surface area contributed by atoms with Gasteiger partial charge in [0.2, 0.25) is 0 Å². The molecule has 1 aliphatic heterocycles. The molecule has 0 spiro atoms. The Balaban J connectivity index is 1.87. The molecule has 0 aromatic heterocycles. The van der Waals surface area contributed by atoms with Gasteiger partial charge >= 0.3 is 0 Å². The maximum absolute atomic E-state index is 5.56. The second-order valence-corrected chi connectivity index (χ2v) is 5.17. The third-order valence-electron chi connectivity index (χ3n) is 2.99. The van der Waals surface area contributed by atoms with Crippen molar-refractivity contribution in [2.75, 3.05) is 0 Å². The van der Waals surface area contributed by atoms with E-state index < -0.39 is 0 Å². The number of hydrogen-bond acceptors (Lipinski definition) is 2. The molecule has 0 aliphatic carbocycles. The summed E-state index contributed by atoms with van der Waals surface area (Å²) in [6, 6.07) is 20.2. The van der Waals surface area contributed by atoms with Gasteiger partial charge in [-0.25, -0.2) is 0 Å². The van der Waals surface area contributed by atoms with Crippen molar-refractivity contribution in [3.8, 4) is 0 Å². The fourth-order valence-corrected chi connectivity index (χ4v) is 2.80. The van der Waals surface area contributed by atoms with Crippen molar-refractivity contribution < 1.29 is 4.84 Å². The second kappa shape index (κ2) is 4.94. The summed E-state index contributed by atoms with van der Waals surface area (Å²) in [5.41, 5.74) is 3.18. The van der Waals surface area contributed by atoms with Crippen molar-refractivity contribution in [3.63, 3.8) is 0 Å². The van der Waals surface area contributed by atoms with Crippen LogP contribution >= 0.6 is 15.9 Å². The topological polar surface area (TPSA) is 21.6 Å². The first-order valence-electron chi connectivity index (χ1n) is 5.84. The monoisotopic (exact) mass is 301 g/mol. The van der Waals surface area contributed by atoms with Crippen LogP contribution < -0.4 is 0 Å². The molecule has 1 heterocycles. The van der Waals surface area contributed by atoms with Crippen LogP contribution in [0.4, 0.5) is 0 Å². The Morgan fingerprint density at radius 1 is 0.889 bits per heavy atom. The van der Waals surface area contributed by atoms with Gasteiger partial charge < -0.3 is 4.84 Å². The molecule has 0 saturated carbocycles. The van der Waals surface area contributed by atoms with Gasteiger partial charge in [0.05, 0.1) is 0 Å². The highest BCUT2D eigenvalue weighted by Crippen LogP contribution is 2.34. The number of halogens is 1. The standard InChI is InChI=1S/C15H12BrNO/c16-13-14(11-7-3-1-4-8-11)17-18-15(13)12-9-5-2-6-10-12/h1-10,13,15H. The van der Waals surface area contributed by atoms with E-state index in [9.17, 15) is 0 Å². The van der Waals surface area contributed by atoms with Crippen LogP contribution in [-0.2, 0) is 4.84 Å². The van der Waals surface area contributed by atoms with Crippen LogP contribution in [0.5, 0.6) is 0 Å². The van der Waals surface area contributed by atoms with Gasteiger partial charge in [-0.15, -0.1) is 0 Å². The highest BCUT2D eigenvalue weighted by molar-refractivity contribution is 9.10. The van der Waals surface area contributed by atoms with Crippen LogP contribution in [0.25, 0.3) is 0 Å². The number of oxime groups is 1. The van der Waals surface area contributed by atoms with E-state index in [0.717, 1.165) is 16.8 Å². The van der Waals surface area contributed by atoms with Crippen molar-refractivity contribution in [3.05, 3.63) is 71.8 Å². The van der Waals surface area contributed by atoms with Gasteiger partial charge in [-0.3, -0.25) is 0 Å². The van der Waals surface area contributed by atoms with Crippen molar-refractivity contribution in [2.45, 2.75) is 10.9 Å². The number of hydrogen-bond donors (Lipinski definition) is 0. The van der Waals surface area contributed by atoms with Crippen LogP contribution in [0.1, 0.15) is 17.2 Å². The predicted octanol–water partition coefficient (Wildman–Crippen LogP) is 3.93. The van der Waals surface area contributed by atoms with Gasteiger partial charge in [-0.05, 0) is 5.56 Å². The minimum atomic E-state index is -0.0543. The first-order chi connectivity index (χ1) is 8.86. The molecule has 2 aromatic carbocycles. The summed E-state index contributed by atoms with van der Waals surface area (Å²) >= 11 is 3.69. The molecule has 0 saturated heterocycles. The average molecular weight is 302 g/mol. The third kappa shape index (κ3) is 2.06. The number of rotatable bonds is 2. The lowest BCUT2D eigenvalue weighted by Crippen LogP contribution is -2.17. The first kappa shape index (κ1) is 11.5. The smallest absolute Gasteiger partial charge is 0.170 e. The van der Waals surface area contributed by atoms with Crippen LogP contribution in [-0.4, -0.2) is 10.5 Å². The number of alkyl halides is 1. The SMILES string of the molecule is BrC1C(c2ccccc2)=NOC1c1ccccc1. The van der Waals surface area contributed by atoms with Gasteiger partial charge in [0.15, 0.2) is 6.10 Å². The van der Waals surface area contributed by atoms with Gasteiger partial charge in [0.1, 0.15) is 10.5 Å². The molecule has 3 heteroatoms. The molecule has 2 atom stereocenters. The summed E-state index contributed by atoms with van der Waals surface area (Å²) in [5, 5.41) is 4.21. The lowest BCUT2D eigenvalue weighted by molar-refractivity contribution is 0.0892. The average Bonchev–Trinajstić information content (AvgIpc) is 2.83. The third-order valence-corrected chi connectivity index (χ3v) is 3.90. The molecule has 2 unspecified atom stereocenters. The molecule has 2 nitrogen and oxygen atoms in total. The molecule has 0 bridgehead atoms. The van der Waals surface area contributed by atoms with Crippen molar-refractivity contribution in [1.82, 2.24) is 0 Å². The zero-order chi connectivity index (χ0) is 12.4. The summed E-state index contributed by atoms with van der Waals surface area (Å²) in [7, 11) is 0. The van der Waals surface area contributed by atoms with Gasteiger partial charge in [-0.1, -0.05) is 81.7 Å². The van der Waals surface area contributed by atoms with Gasteiger partial charge in [-0.2, -0.15) is 0 Å². The molecular formula is C15H12BrNO. The molecule has 1 aliphatic rings. The van der Waals surface area contributed by atoms with Crippen LogP contribution in [0, 0.1) is 0 Å². The van der Waals surface area contributed by atoms with Crippen molar-refractivity contribution >= 4 is 21.6 Å². The zero-order valence-corrected chi connectivity index (χ0v) is 11.2. The Kier molecular flexibility index (Phi) is 3.15. The fourth-order valence-electron chi connectivity index (χ4n) is 2.05. The summed E-state index contributed by atoms with van der Waals surface area (Å²) in [5.74, 6) is 0.